The molecule has 1 aliphatic carbocycles. The molecule has 1 saturated carbocycles. The lowest BCUT2D eigenvalue weighted by Crippen LogP contribution is -2.22. The van der Waals surface area contributed by atoms with Crippen LogP contribution in [-0.2, 0) is 11.2 Å². The fourth-order valence-corrected chi connectivity index (χ4v) is 2.79. The number of rotatable bonds is 3. The molecule has 1 aliphatic rings. The Balaban J connectivity index is 2.01. The number of hydrogen-bond acceptors (Lipinski definition) is 1. The van der Waals surface area contributed by atoms with Gasteiger partial charge in [0.1, 0.15) is 11.6 Å². The Kier molecular flexibility index (Phi) is 4.39. The number of halogens is 2. The van der Waals surface area contributed by atoms with Crippen molar-refractivity contribution in [2.75, 3.05) is 0 Å². The third kappa shape index (κ3) is 3.11. The van der Waals surface area contributed by atoms with Crippen LogP contribution >= 0.6 is 11.6 Å². The molecule has 0 heterocycles. The van der Waals surface area contributed by atoms with Crippen LogP contribution in [0.25, 0.3) is 0 Å². The maximum Gasteiger partial charge on any atom is 0.145 e. The van der Waals surface area contributed by atoms with E-state index in [0.29, 0.717) is 5.56 Å². The molecule has 0 aromatic heterocycles. The highest BCUT2D eigenvalue weighted by molar-refractivity contribution is 6.30. The van der Waals surface area contributed by atoms with E-state index in [1.165, 1.54) is 6.07 Å². The van der Waals surface area contributed by atoms with E-state index in [4.69, 9.17) is 11.6 Å². The molecule has 0 amide bonds. The fraction of sp³-hybridized carbons (Fsp3) is 0.533. The highest BCUT2D eigenvalue weighted by Gasteiger charge is 2.24. The molecule has 0 saturated heterocycles. The van der Waals surface area contributed by atoms with E-state index in [1.54, 1.807) is 12.1 Å². The molecular formula is C15H18ClFO. The first-order chi connectivity index (χ1) is 8.58. The molecule has 0 atom stereocenters. The van der Waals surface area contributed by atoms with Crippen molar-refractivity contribution in [1.82, 2.24) is 0 Å². The number of carbonyl (C=O) groups is 1. The number of ketones is 1. The summed E-state index contributed by atoms with van der Waals surface area (Å²) in [6, 6.07) is 4.84. The molecule has 0 aliphatic heterocycles. The Labute approximate surface area is 112 Å². The maximum atomic E-state index is 13.7. The number of benzene rings is 1. The summed E-state index contributed by atoms with van der Waals surface area (Å²) >= 11 is 5.72. The van der Waals surface area contributed by atoms with Gasteiger partial charge in [-0.2, -0.15) is 0 Å². The zero-order chi connectivity index (χ0) is 13.1. The first kappa shape index (κ1) is 13.5. The van der Waals surface area contributed by atoms with Crippen LogP contribution in [0.4, 0.5) is 4.39 Å². The van der Waals surface area contributed by atoms with Gasteiger partial charge in [-0.25, -0.2) is 4.39 Å². The summed E-state index contributed by atoms with van der Waals surface area (Å²) in [5.41, 5.74) is 0.422. The quantitative estimate of drug-likeness (QED) is 0.793. The van der Waals surface area contributed by atoms with Crippen molar-refractivity contribution in [3.63, 3.8) is 0 Å². The van der Waals surface area contributed by atoms with Gasteiger partial charge < -0.3 is 0 Å². The lowest BCUT2D eigenvalue weighted by Gasteiger charge is -2.25. The summed E-state index contributed by atoms with van der Waals surface area (Å²) in [6.07, 6.45) is 4.28. The number of Topliss-reactive ketones (excluding diaryl/α,β-unsaturated/α-hetero) is 1. The molecule has 2 rings (SSSR count). The van der Waals surface area contributed by atoms with Crippen molar-refractivity contribution in [3.05, 3.63) is 34.6 Å². The summed E-state index contributed by atoms with van der Waals surface area (Å²) in [7, 11) is 0. The first-order valence-corrected chi connectivity index (χ1v) is 6.91. The van der Waals surface area contributed by atoms with Crippen molar-refractivity contribution in [2.45, 2.75) is 39.0 Å². The lowest BCUT2D eigenvalue weighted by atomic mass is 9.79. The van der Waals surface area contributed by atoms with Crippen LogP contribution in [-0.4, -0.2) is 5.78 Å². The Morgan fingerprint density at radius 3 is 2.67 bits per heavy atom. The summed E-state index contributed by atoms with van der Waals surface area (Å²) in [5, 5.41) is 0.0950. The van der Waals surface area contributed by atoms with Crippen LogP contribution in [0.15, 0.2) is 18.2 Å². The third-order valence-electron chi connectivity index (χ3n) is 3.87. The molecule has 1 aromatic rings. The van der Waals surface area contributed by atoms with Gasteiger partial charge in [0.2, 0.25) is 0 Å². The van der Waals surface area contributed by atoms with Gasteiger partial charge in [-0.3, -0.25) is 4.79 Å². The Hall–Kier alpha value is -0.890. The lowest BCUT2D eigenvalue weighted by molar-refractivity contribution is -0.123. The zero-order valence-electron chi connectivity index (χ0n) is 10.6. The number of carbonyl (C=O) groups excluding carboxylic acids is 1. The molecule has 18 heavy (non-hydrogen) atoms. The fourth-order valence-electron chi connectivity index (χ4n) is 2.60. The minimum atomic E-state index is -0.448. The summed E-state index contributed by atoms with van der Waals surface area (Å²) in [6.45, 7) is 2.22. The summed E-state index contributed by atoms with van der Waals surface area (Å²) < 4.78 is 13.7. The Morgan fingerprint density at radius 1 is 1.33 bits per heavy atom. The van der Waals surface area contributed by atoms with Gasteiger partial charge in [-0.1, -0.05) is 43.5 Å². The van der Waals surface area contributed by atoms with Gasteiger partial charge in [0.05, 0.1) is 5.02 Å². The van der Waals surface area contributed by atoms with Crippen molar-refractivity contribution in [2.24, 2.45) is 11.8 Å². The van der Waals surface area contributed by atoms with E-state index in [-0.39, 0.29) is 23.1 Å². The highest BCUT2D eigenvalue weighted by atomic mass is 35.5. The van der Waals surface area contributed by atoms with Crippen molar-refractivity contribution in [1.29, 1.82) is 0 Å². The van der Waals surface area contributed by atoms with Gasteiger partial charge in [-0.05, 0) is 30.4 Å². The molecule has 1 aromatic carbocycles. The van der Waals surface area contributed by atoms with Crippen molar-refractivity contribution in [3.8, 4) is 0 Å². The molecule has 0 unspecified atom stereocenters. The minimum absolute atomic E-state index is 0.0950. The second kappa shape index (κ2) is 5.83. The smallest absolute Gasteiger partial charge is 0.145 e. The SMILES string of the molecule is CC1CCC(C(=O)Cc2cccc(Cl)c2F)CC1. The summed E-state index contributed by atoms with van der Waals surface area (Å²) in [4.78, 5) is 12.1. The second-order valence-electron chi connectivity index (χ2n) is 5.31. The predicted molar refractivity (Wildman–Crippen MR) is 71.2 cm³/mol. The Bertz CT molecular complexity index is 436. The average molecular weight is 269 g/mol. The Morgan fingerprint density at radius 2 is 2.00 bits per heavy atom. The van der Waals surface area contributed by atoms with Crippen LogP contribution in [0.2, 0.25) is 5.02 Å². The van der Waals surface area contributed by atoms with Gasteiger partial charge in [-0.15, -0.1) is 0 Å². The first-order valence-electron chi connectivity index (χ1n) is 6.53. The van der Waals surface area contributed by atoms with E-state index in [9.17, 15) is 9.18 Å². The van der Waals surface area contributed by atoms with E-state index in [1.807, 2.05) is 0 Å². The molecule has 1 fully saturated rings. The maximum absolute atomic E-state index is 13.7. The van der Waals surface area contributed by atoms with Crippen LogP contribution < -0.4 is 0 Å². The van der Waals surface area contributed by atoms with Gasteiger partial charge >= 0.3 is 0 Å². The van der Waals surface area contributed by atoms with Crippen LogP contribution in [0.5, 0.6) is 0 Å². The molecule has 0 spiro atoms. The predicted octanol–water partition coefficient (Wildman–Crippen LogP) is 4.42. The third-order valence-corrected chi connectivity index (χ3v) is 4.16. The highest BCUT2D eigenvalue weighted by Crippen LogP contribution is 2.30. The largest absolute Gasteiger partial charge is 0.299 e. The molecule has 3 heteroatoms. The normalized spacial score (nSPS) is 23.9. The monoisotopic (exact) mass is 268 g/mol. The van der Waals surface area contributed by atoms with Gasteiger partial charge in [0, 0.05) is 12.3 Å². The van der Waals surface area contributed by atoms with Crippen molar-refractivity contribution >= 4 is 17.4 Å². The van der Waals surface area contributed by atoms with Gasteiger partial charge in [0.25, 0.3) is 0 Å². The van der Waals surface area contributed by atoms with E-state index >= 15 is 0 Å². The summed E-state index contributed by atoms with van der Waals surface area (Å²) in [5.74, 6) is 0.538. The molecule has 1 nitrogen and oxygen atoms in total. The van der Waals surface area contributed by atoms with E-state index in [0.717, 1.165) is 31.6 Å². The molecule has 0 N–H and O–H groups in total. The van der Waals surface area contributed by atoms with Crippen LogP contribution in [0, 0.1) is 17.7 Å². The molecule has 98 valence electrons. The average Bonchev–Trinajstić information content (AvgIpc) is 2.36. The zero-order valence-corrected chi connectivity index (χ0v) is 11.3. The second-order valence-corrected chi connectivity index (χ2v) is 5.72. The minimum Gasteiger partial charge on any atom is -0.299 e. The molecule has 0 bridgehead atoms. The topological polar surface area (TPSA) is 17.1 Å². The standard InChI is InChI=1S/C15H18ClFO/c1-10-5-7-11(8-6-10)14(18)9-12-3-2-4-13(16)15(12)17/h2-4,10-11H,5-9H2,1H3. The van der Waals surface area contributed by atoms with Crippen LogP contribution in [0.1, 0.15) is 38.2 Å². The number of hydrogen-bond donors (Lipinski definition) is 0. The molecular weight excluding hydrogens is 251 g/mol. The van der Waals surface area contributed by atoms with E-state index in [2.05, 4.69) is 6.92 Å². The van der Waals surface area contributed by atoms with Crippen LogP contribution in [0.3, 0.4) is 0 Å². The van der Waals surface area contributed by atoms with Crippen molar-refractivity contribution < 1.29 is 9.18 Å². The van der Waals surface area contributed by atoms with Gasteiger partial charge in [0.15, 0.2) is 0 Å². The molecule has 0 radical (unpaired) electrons. The van der Waals surface area contributed by atoms with E-state index < -0.39 is 5.82 Å².